The lowest BCUT2D eigenvalue weighted by atomic mass is 10.1. The van der Waals surface area contributed by atoms with Gasteiger partial charge in [0.25, 0.3) is 0 Å². The van der Waals surface area contributed by atoms with Crippen molar-refractivity contribution in [2.24, 2.45) is 0 Å². The number of hydrogen-bond donors (Lipinski definition) is 2. The third kappa shape index (κ3) is 1.12. The van der Waals surface area contributed by atoms with Crippen molar-refractivity contribution in [3.63, 3.8) is 0 Å². The van der Waals surface area contributed by atoms with Crippen LogP contribution in [0.25, 0.3) is 10.9 Å². The van der Waals surface area contributed by atoms with Crippen molar-refractivity contribution in [1.29, 1.82) is 0 Å². The second-order valence-electron chi connectivity index (χ2n) is 3.02. The molecule has 2 rings (SSSR count). The van der Waals surface area contributed by atoms with E-state index in [2.05, 4.69) is 42.7 Å². The summed E-state index contributed by atoms with van der Waals surface area (Å²) in [5, 5.41) is 1.29. The van der Waals surface area contributed by atoms with Gasteiger partial charge < -0.3 is 4.98 Å². The standard InChI is InChI=1S/C10H11NS/c1-7-2-3-9-8(6-12)5-11-10(9)4-7/h2-5,11-12H,6H2,1H3. The van der Waals surface area contributed by atoms with Gasteiger partial charge in [0, 0.05) is 22.9 Å². The van der Waals surface area contributed by atoms with Crippen molar-refractivity contribution in [2.75, 3.05) is 0 Å². The lowest BCUT2D eigenvalue weighted by Gasteiger charge is -1.94. The molecule has 1 nitrogen and oxygen atoms in total. The molecule has 1 heterocycles. The Bertz CT molecular complexity index is 403. The summed E-state index contributed by atoms with van der Waals surface area (Å²) < 4.78 is 0. The highest BCUT2D eigenvalue weighted by Gasteiger charge is 2.00. The fraction of sp³-hybridized carbons (Fsp3) is 0.200. The Balaban J connectivity index is 2.73. The molecule has 0 spiro atoms. The maximum absolute atomic E-state index is 4.26. The summed E-state index contributed by atoms with van der Waals surface area (Å²) in [5.74, 6) is 0.795. The zero-order chi connectivity index (χ0) is 8.55. The molecule has 1 aromatic carbocycles. The number of thiol groups is 1. The van der Waals surface area contributed by atoms with E-state index in [1.165, 1.54) is 22.0 Å². The molecule has 0 radical (unpaired) electrons. The average molecular weight is 177 g/mol. The first kappa shape index (κ1) is 7.74. The smallest absolute Gasteiger partial charge is 0.0459 e. The minimum absolute atomic E-state index is 0.795. The van der Waals surface area contributed by atoms with E-state index >= 15 is 0 Å². The monoisotopic (exact) mass is 177 g/mol. The first-order chi connectivity index (χ1) is 5.81. The van der Waals surface area contributed by atoms with Crippen LogP contribution in [0.1, 0.15) is 11.1 Å². The van der Waals surface area contributed by atoms with Gasteiger partial charge in [0.2, 0.25) is 0 Å². The lowest BCUT2D eigenvalue weighted by Crippen LogP contribution is -1.74. The van der Waals surface area contributed by atoms with Gasteiger partial charge in [0.15, 0.2) is 0 Å². The van der Waals surface area contributed by atoms with E-state index in [0.29, 0.717) is 0 Å². The summed E-state index contributed by atoms with van der Waals surface area (Å²) in [4.78, 5) is 3.23. The van der Waals surface area contributed by atoms with Crippen LogP contribution in [0.4, 0.5) is 0 Å². The Morgan fingerprint density at radius 2 is 2.25 bits per heavy atom. The number of benzene rings is 1. The van der Waals surface area contributed by atoms with E-state index in [1.807, 2.05) is 6.20 Å². The summed E-state index contributed by atoms with van der Waals surface area (Å²) in [6.45, 7) is 2.10. The fourth-order valence-corrected chi connectivity index (χ4v) is 1.69. The molecule has 0 aliphatic heterocycles. The van der Waals surface area contributed by atoms with Gasteiger partial charge in [-0.1, -0.05) is 12.1 Å². The first-order valence-electron chi connectivity index (χ1n) is 3.99. The van der Waals surface area contributed by atoms with E-state index in [9.17, 15) is 0 Å². The Morgan fingerprint density at radius 1 is 1.42 bits per heavy atom. The lowest BCUT2D eigenvalue weighted by molar-refractivity contribution is 1.40. The first-order valence-corrected chi connectivity index (χ1v) is 4.62. The van der Waals surface area contributed by atoms with E-state index in [4.69, 9.17) is 0 Å². The van der Waals surface area contributed by atoms with Crippen LogP contribution >= 0.6 is 12.6 Å². The zero-order valence-electron chi connectivity index (χ0n) is 6.96. The number of hydrogen-bond acceptors (Lipinski definition) is 1. The summed E-state index contributed by atoms with van der Waals surface area (Å²) in [6.07, 6.45) is 2.02. The molecule has 0 atom stereocenters. The summed E-state index contributed by atoms with van der Waals surface area (Å²) in [6, 6.07) is 6.43. The van der Waals surface area contributed by atoms with Gasteiger partial charge >= 0.3 is 0 Å². The SMILES string of the molecule is Cc1ccc2c(CS)c[nH]c2c1. The van der Waals surface area contributed by atoms with Crippen molar-refractivity contribution in [3.05, 3.63) is 35.5 Å². The Morgan fingerprint density at radius 3 is 3.00 bits per heavy atom. The van der Waals surface area contributed by atoms with E-state index in [-0.39, 0.29) is 0 Å². The van der Waals surface area contributed by atoms with Crippen LogP contribution in [0.2, 0.25) is 0 Å². The van der Waals surface area contributed by atoms with E-state index in [1.54, 1.807) is 0 Å². The molecule has 12 heavy (non-hydrogen) atoms. The molecule has 2 heteroatoms. The molecular formula is C10H11NS. The highest BCUT2D eigenvalue weighted by Crippen LogP contribution is 2.20. The quantitative estimate of drug-likeness (QED) is 0.623. The maximum Gasteiger partial charge on any atom is 0.0459 e. The third-order valence-corrected chi connectivity index (χ3v) is 2.43. The molecule has 1 N–H and O–H groups in total. The Kier molecular flexibility index (Phi) is 1.85. The number of fused-ring (bicyclic) bond motifs is 1. The average Bonchev–Trinajstić information content (AvgIpc) is 2.46. The van der Waals surface area contributed by atoms with Crippen molar-refractivity contribution in [2.45, 2.75) is 12.7 Å². The molecule has 0 aliphatic rings. The fourth-order valence-electron chi connectivity index (χ4n) is 1.43. The zero-order valence-corrected chi connectivity index (χ0v) is 7.86. The highest BCUT2D eigenvalue weighted by atomic mass is 32.1. The summed E-state index contributed by atoms with van der Waals surface area (Å²) >= 11 is 4.26. The van der Waals surface area contributed by atoms with Crippen LogP contribution in [0.3, 0.4) is 0 Å². The van der Waals surface area contributed by atoms with Gasteiger partial charge in [-0.2, -0.15) is 12.6 Å². The summed E-state index contributed by atoms with van der Waals surface area (Å²) in [7, 11) is 0. The predicted octanol–water partition coefficient (Wildman–Crippen LogP) is 2.91. The van der Waals surface area contributed by atoms with Crippen molar-refractivity contribution < 1.29 is 0 Å². The van der Waals surface area contributed by atoms with Gasteiger partial charge in [0.1, 0.15) is 0 Å². The summed E-state index contributed by atoms with van der Waals surface area (Å²) in [5.41, 5.74) is 3.77. The molecule has 0 unspecified atom stereocenters. The van der Waals surface area contributed by atoms with Crippen LogP contribution in [-0.2, 0) is 5.75 Å². The third-order valence-electron chi connectivity index (χ3n) is 2.09. The number of aryl methyl sites for hydroxylation is 1. The van der Waals surface area contributed by atoms with Crippen molar-refractivity contribution in [3.8, 4) is 0 Å². The minimum atomic E-state index is 0.795. The molecule has 0 fully saturated rings. The number of aromatic nitrogens is 1. The van der Waals surface area contributed by atoms with Crippen LogP contribution in [0.15, 0.2) is 24.4 Å². The van der Waals surface area contributed by atoms with Gasteiger partial charge in [-0.25, -0.2) is 0 Å². The molecule has 0 bridgehead atoms. The Labute approximate surface area is 77.2 Å². The molecule has 62 valence electrons. The van der Waals surface area contributed by atoms with Crippen LogP contribution < -0.4 is 0 Å². The minimum Gasteiger partial charge on any atom is -0.361 e. The molecule has 0 aliphatic carbocycles. The van der Waals surface area contributed by atoms with Gasteiger partial charge in [-0.05, 0) is 24.1 Å². The van der Waals surface area contributed by atoms with Crippen molar-refractivity contribution in [1.82, 2.24) is 4.98 Å². The largest absolute Gasteiger partial charge is 0.361 e. The Hall–Kier alpha value is -0.890. The number of rotatable bonds is 1. The second kappa shape index (κ2) is 2.87. The molecule has 0 saturated carbocycles. The topological polar surface area (TPSA) is 15.8 Å². The van der Waals surface area contributed by atoms with Crippen LogP contribution in [0.5, 0.6) is 0 Å². The number of nitrogens with one attached hydrogen (secondary N) is 1. The molecule has 2 aromatic rings. The van der Waals surface area contributed by atoms with Gasteiger partial charge in [0.05, 0.1) is 0 Å². The van der Waals surface area contributed by atoms with E-state index < -0.39 is 0 Å². The molecule has 1 aromatic heterocycles. The number of H-pyrrole nitrogens is 1. The van der Waals surface area contributed by atoms with Gasteiger partial charge in [-0.3, -0.25) is 0 Å². The normalized spacial score (nSPS) is 10.8. The molecular weight excluding hydrogens is 166 g/mol. The molecule has 0 saturated heterocycles. The second-order valence-corrected chi connectivity index (χ2v) is 3.34. The van der Waals surface area contributed by atoms with E-state index in [0.717, 1.165) is 5.75 Å². The van der Waals surface area contributed by atoms with Crippen LogP contribution in [0, 0.1) is 6.92 Å². The van der Waals surface area contributed by atoms with Crippen LogP contribution in [-0.4, -0.2) is 4.98 Å². The highest BCUT2D eigenvalue weighted by molar-refractivity contribution is 7.79. The molecule has 0 amide bonds. The van der Waals surface area contributed by atoms with Crippen molar-refractivity contribution >= 4 is 23.5 Å². The predicted molar refractivity (Wildman–Crippen MR) is 55.7 cm³/mol. The number of aromatic amines is 1. The maximum atomic E-state index is 4.26. The van der Waals surface area contributed by atoms with Gasteiger partial charge in [-0.15, -0.1) is 0 Å².